The van der Waals surface area contributed by atoms with Gasteiger partial charge in [0, 0.05) is 5.56 Å². The number of hydrogen-bond donors (Lipinski definition) is 0. The Kier molecular flexibility index (Phi) is 1.91. The molecule has 0 heterocycles. The smallest absolute Gasteiger partial charge is 0.218 e. The van der Waals surface area contributed by atoms with E-state index in [-0.39, 0.29) is 0 Å². The first-order valence-electron chi connectivity index (χ1n) is 3.32. The van der Waals surface area contributed by atoms with E-state index in [0.717, 1.165) is 0 Å². The Balaban J connectivity index is 3.05. The zero-order valence-corrected chi connectivity index (χ0v) is 6.21. The molecule has 1 nitrogen and oxygen atoms in total. The topological polar surface area (TPSA) is 23.8 Å². The van der Waals surface area contributed by atoms with Gasteiger partial charge in [-0.15, -0.1) is 0 Å². The van der Waals surface area contributed by atoms with Crippen molar-refractivity contribution >= 4 is 0 Å². The molecule has 0 fully saturated rings. The van der Waals surface area contributed by atoms with Gasteiger partial charge in [0.05, 0.1) is 0 Å². The molecule has 56 valence electrons. The fraction of sp³-hybridized carbons (Fsp3) is 0.222. The summed E-state index contributed by atoms with van der Waals surface area (Å²) in [5.41, 5.74) is -1.45. The summed E-state index contributed by atoms with van der Waals surface area (Å²) in [6.45, 7) is 1.25. The maximum atomic E-state index is 13.2. The van der Waals surface area contributed by atoms with Gasteiger partial charge in [-0.05, 0) is 6.92 Å². The molecule has 0 aliphatic carbocycles. The quantitative estimate of drug-likeness (QED) is 0.601. The van der Waals surface area contributed by atoms with E-state index in [2.05, 4.69) is 0 Å². The average molecular weight is 149 g/mol. The van der Waals surface area contributed by atoms with Crippen molar-refractivity contribution in [1.29, 1.82) is 5.26 Å². The predicted molar refractivity (Wildman–Crippen MR) is 40.5 cm³/mol. The lowest BCUT2D eigenvalue weighted by Gasteiger charge is -2.09. The molecule has 0 N–H and O–H groups in total. The van der Waals surface area contributed by atoms with Crippen LogP contribution in [-0.4, -0.2) is 0 Å². The van der Waals surface area contributed by atoms with Crippen LogP contribution in [0.4, 0.5) is 4.39 Å². The minimum Gasteiger partial charge on any atom is -0.222 e. The normalized spacial score (nSPS) is 15.0. The van der Waals surface area contributed by atoms with Crippen LogP contribution in [0.2, 0.25) is 0 Å². The number of hydrogen-bond acceptors (Lipinski definition) is 1. The summed E-state index contributed by atoms with van der Waals surface area (Å²) >= 11 is 0. The van der Waals surface area contributed by atoms with Crippen LogP contribution in [0.3, 0.4) is 0 Å². The van der Waals surface area contributed by atoms with Gasteiger partial charge in [0.15, 0.2) is 0 Å². The number of benzene rings is 1. The summed E-state index contributed by atoms with van der Waals surface area (Å²) in [4.78, 5) is 0. The molecule has 11 heavy (non-hydrogen) atoms. The van der Waals surface area contributed by atoms with Gasteiger partial charge in [0.25, 0.3) is 0 Å². The third kappa shape index (κ3) is 1.56. The molecule has 1 aromatic carbocycles. The molecule has 0 radical (unpaired) electrons. The third-order valence-corrected chi connectivity index (χ3v) is 1.53. The van der Waals surface area contributed by atoms with Gasteiger partial charge in [0.1, 0.15) is 6.07 Å². The highest BCUT2D eigenvalue weighted by atomic mass is 19.1. The Morgan fingerprint density at radius 1 is 1.36 bits per heavy atom. The van der Waals surface area contributed by atoms with Crippen LogP contribution in [0.1, 0.15) is 12.5 Å². The highest BCUT2D eigenvalue weighted by Gasteiger charge is 2.23. The highest BCUT2D eigenvalue weighted by Crippen LogP contribution is 2.23. The van der Waals surface area contributed by atoms with E-state index >= 15 is 0 Å². The lowest BCUT2D eigenvalue weighted by Crippen LogP contribution is -2.10. The second-order valence-electron chi connectivity index (χ2n) is 2.48. The summed E-state index contributed by atoms with van der Waals surface area (Å²) in [5.74, 6) is 0. The number of nitrogens with zero attached hydrogens (tertiary/aromatic N) is 1. The van der Waals surface area contributed by atoms with Gasteiger partial charge in [-0.2, -0.15) is 5.26 Å². The fourth-order valence-corrected chi connectivity index (χ4v) is 0.816. The molecule has 0 saturated heterocycles. The van der Waals surface area contributed by atoms with Crippen LogP contribution in [0.15, 0.2) is 30.3 Å². The highest BCUT2D eigenvalue weighted by molar-refractivity contribution is 5.27. The molecule has 1 atom stereocenters. The summed E-state index contributed by atoms with van der Waals surface area (Å²) in [7, 11) is 0. The van der Waals surface area contributed by atoms with Gasteiger partial charge in [-0.25, -0.2) is 4.39 Å². The molecule has 1 unspecified atom stereocenters. The Morgan fingerprint density at radius 2 is 1.91 bits per heavy atom. The van der Waals surface area contributed by atoms with Crippen LogP contribution in [-0.2, 0) is 5.67 Å². The number of halogens is 1. The summed E-state index contributed by atoms with van der Waals surface area (Å²) in [5, 5.41) is 8.42. The molecule has 1 rings (SSSR count). The van der Waals surface area contributed by atoms with Crippen molar-refractivity contribution < 1.29 is 4.39 Å². The Morgan fingerprint density at radius 3 is 2.36 bits per heavy atom. The molecule has 0 aromatic heterocycles. The second-order valence-corrected chi connectivity index (χ2v) is 2.48. The van der Waals surface area contributed by atoms with Crippen molar-refractivity contribution in [3.8, 4) is 6.07 Å². The molecule has 1 aromatic rings. The van der Waals surface area contributed by atoms with E-state index in [1.54, 1.807) is 36.4 Å². The Bertz CT molecular complexity index is 271. The molecular weight excluding hydrogens is 141 g/mol. The van der Waals surface area contributed by atoms with Crippen molar-refractivity contribution in [3.05, 3.63) is 35.9 Å². The standard InChI is InChI=1S/C9H8FN/c1-9(10,7-11)8-5-3-2-4-6-8/h2-6H,1H3. The number of nitriles is 1. The maximum Gasteiger partial charge on any atom is 0.218 e. The van der Waals surface area contributed by atoms with Gasteiger partial charge in [-0.1, -0.05) is 30.3 Å². The van der Waals surface area contributed by atoms with E-state index < -0.39 is 5.67 Å². The van der Waals surface area contributed by atoms with Gasteiger partial charge < -0.3 is 0 Å². The van der Waals surface area contributed by atoms with E-state index in [4.69, 9.17) is 5.26 Å². The molecular formula is C9H8FN. The molecule has 0 amide bonds. The SMILES string of the molecule is CC(F)(C#N)c1ccccc1. The predicted octanol–water partition coefficient (Wildman–Crippen LogP) is 2.39. The monoisotopic (exact) mass is 149 g/mol. The second kappa shape index (κ2) is 2.71. The third-order valence-electron chi connectivity index (χ3n) is 1.53. The van der Waals surface area contributed by atoms with Crippen molar-refractivity contribution in [2.24, 2.45) is 0 Å². The minimum absolute atomic E-state index is 0.405. The van der Waals surface area contributed by atoms with E-state index in [9.17, 15) is 4.39 Å². The van der Waals surface area contributed by atoms with Gasteiger partial charge >= 0.3 is 0 Å². The molecule has 0 spiro atoms. The van der Waals surface area contributed by atoms with Crippen LogP contribution >= 0.6 is 0 Å². The number of alkyl halides is 1. The van der Waals surface area contributed by atoms with Crippen LogP contribution in [0.25, 0.3) is 0 Å². The van der Waals surface area contributed by atoms with Crippen molar-refractivity contribution in [1.82, 2.24) is 0 Å². The average Bonchev–Trinajstić information content (AvgIpc) is 2.06. The van der Waals surface area contributed by atoms with Crippen LogP contribution in [0, 0.1) is 11.3 Å². The zero-order valence-electron chi connectivity index (χ0n) is 6.21. The lowest BCUT2D eigenvalue weighted by molar-refractivity contribution is 0.274. The van der Waals surface area contributed by atoms with Crippen molar-refractivity contribution in [2.45, 2.75) is 12.6 Å². The summed E-state index contributed by atoms with van der Waals surface area (Å²) in [6.07, 6.45) is 0. The van der Waals surface area contributed by atoms with E-state index in [0.29, 0.717) is 5.56 Å². The van der Waals surface area contributed by atoms with E-state index in [1.807, 2.05) is 0 Å². The first-order chi connectivity index (χ1) is 5.17. The Labute approximate surface area is 65.1 Å². The maximum absolute atomic E-state index is 13.2. The first-order valence-corrected chi connectivity index (χ1v) is 3.32. The van der Waals surface area contributed by atoms with E-state index in [1.165, 1.54) is 6.92 Å². The summed E-state index contributed by atoms with van der Waals surface area (Å²) in [6, 6.07) is 10.0. The Hall–Kier alpha value is -1.36. The number of rotatable bonds is 1. The molecule has 0 saturated carbocycles. The molecule has 2 heteroatoms. The largest absolute Gasteiger partial charge is 0.222 e. The van der Waals surface area contributed by atoms with Crippen LogP contribution < -0.4 is 0 Å². The summed E-state index contributed by atoms with van der Waals surface area (Å²) < 4.78 is 13.2. The first kappa shape index (κ1) is 7.74. The van der Waals surface area contributed by atoms with Gasteiger partial charge in [0.2, 0.25) is 5.67 Å². The van der Waals surface area contributed by atoms with Gasteiger partial charge in [-0.3, -0.25) is 0 Å². The zero-order chi connectivity index (χ0) is 8.32. The van der Waals surface area contributed by atoms with Crippen molar-refractivity contribution in [3.63, 3.8) is 0 Å². The molecule has 0 aliphatic rings. The fourth-order valence-electron chi connectivity index (χ4n) is 0.816. The molecule has 0 aliphatic heterocycles. The van der Waals surface area contributed by atoms with Crippen LogP contribution in [0.5, 0.6) is 0 Å². The molecule has 0 bridgehead atoms. The minimum atomic E-state index is -1.86. The van der Waals surface area contributed by atoms with Crippen molar-refractivity contribution in [2.75, 3.05) is 0 Å². The lowest BCUT2D eigenvalue weighted by atomic mass is 10.0.